The molecular weight excluding hydrogens is 152 g/mol. The third kappa shape index (κ3) is 2.39. The van der Waals surface area contributed by atoms with Crippen LogP contribution in [0, 0.1) is 0 Å². The standard InChI is InChI=1S/C9H14OSi/c1-3-11-9-6-4-8(10-2)5-7-9/h4-7H,3,11H2,1-2H3. The molecule has 0 spiro atoms. The van der Waals surface area contributed by atoms with Crippen LogP contribution < -0.4 is 9.92 Å². The van der Waals surface area contributed by atoms with Crippen molar-refractivity contribution < 1.29 is 4.74 Å². The Balaban J connectivity index is 2.66. The Morgan fingerprint density at radius 3 is 2.36 bits per heavy atom. The van der Waals surface area contributed by atoms with Crippen LogP contribution in [0.25, 0.3) is 0 Å². The minimum Gasteiger partial charge on any atom is -0.497 e. The lowest BCUT2D eigenvalue weighted by Crippen LogP contribution is -2.11. The molecule has 0 atom stereocenters. The van der Waals surface area contributed by atoms with Crippen LogP contribution in [0.1, 0.15) is 6.92 Å². The first-order chi connectivity index (χ1) is 5.36. The summed E-state index contributed by atoms with van der Waals surface area (Å²) in [5.74, 6) is 0.957. The van der Waals surface area contributed by atoms with Crippen LogP contribution in [0.3, 0.4) is 0 Å². The van der Waals surface area contributed by atoms with Gasteiger partial charge >= 0.3 is 0 Å². The van der Waals surface area contributed by atoms with E-state index in [0.29, 0.717) is 0 Å². The molecule has 0 unspecified atom stereocenters. The van der Waals surface area contributed by atoms with Gasteiger partial charge in [0, 0.05) is 0 Å². The largest absolute Gasteiger partial charge is 0.497 e. The van der Waals surface area contributed by atoms with Crippen molar-refractivity contribution in [2.75, 3.05) is 7.11 Å². The first kappa shape index (κ1) is 8.33. The summed E-state index contributed by atoms with van der Waals surface area (Å²) in [7, 11) is 1.72. The fourth-order valence-corrected chi connectivity index (χ4v) is 2.23. The van der Waals surface area contributed by atoms with Crippen molar-refractivity contribution in [2.24, 2.45) is 0 Å². The highest BCUT2D eigenvalue weighted by Crippen LogP contribution is 2.05. The molecule has 0 heterocycles. The van der Waals surface area contributed by atoms with Gasteiger partial charge in [0.1, 0.15) is 5.75 Å². The van der Waals surface area contributed by atoms with Gasteiger partial charge in [0.2, 0.25) is 0 Å². The highest BCUT2D eigenvalue weighted by Gasteiger charge is 1.91. The van der Waals surface area contributed by atoms with Crippen molar-refractivity contribution in [3.05, 3.63) is 24.3 Å². The van der Waals surface area contributed by atoms with Crippen molar-refractivity contribution >= 4 is 14.7 Å². The van der Waals surface area contributed by atoms with E-state index in [4.69, 9.17) is 4.74 Å². The average molecular weight is 166 g/mol. The molecule has 11 heavy (non-hydrogen) atoms. The summed E-state index contributed by atoms with van der Waals surface area (Å²) in [6, 6.07) is 9.77. The van der Waals surface area contributed by atoms with E-state index in [-0.39, 0.29) is 9.52 Å². The second kappa shape index (κ2) is 4.19. The van der Waals surface area contributed by atoms with Gasteiger partial charge in [-0.15, -0.1) is 0 Å². The van der Waals surface area contributed by atoms with Gasteiger partial charge in [-0.2, -0.15) is 0 Å². The Labute approximate surface area is 70.2 Å². The number of rotatable bonds is 3. The smallest absolute Gasteiger partial charge is 0.118 e. The van der Waals surface area contributed by atoms with Crippen molar-refractivity contribution in [3.63, 3.8) is 0 Å². The summed E-state index contributed by atoms with van der Waals surface area (Å²) >= 11 is 0. The van der Waals surface area contributed by atoms with E-state index in [1.165, 1.54) is 11.2 Å². The van der Waals surface area contributed by atoms with Gasteiger partial charge in [-0.05, 0) is 12.1 Å². The Morgan fingerprint density at radius 2 is 1.91 bits per heavy atom. The highest BCUT2D eigenvalue weighted by molar-refractivity contribution is 6.53. The molecule has 0 aromatic heterocycles. The molecule has 1 nitrogen and oxygen atoms in total. The number of hydrogen-bond donors (Lipinski definition) is 0. The van der Waals surface area contributed by atoms with Crippen molar-refractivity contribution in [3.8, 4) is 5.75 Å². The molecular formula is C9H14OSi. The number of hydrogen-bond acceptors (Lipinski definition) is 1. The summed E-state index contributed by atoms with van der Waals surface area (Å²) < 4.78 is 5.06. The van der Waals surface area contributed by atoms with E-state index >= 15 is 0 Å². The molecule has 0 radical (unpaired) electrons. The summed E-state index contributed by atoms with van der Waals surface area (Å²) in [4.78, 5) is 0. The normalized spacial score (nSPS) is 10.7. The van der Waals surface area contributed by atoms with Crippen molar-refractivity contribution in [1.82, 2.24) is 0 Å². The predicted molar refractivity (Wildman–Crippen MR) is 51.7 cm³/mol. The average Bonchev–Trinajstić information content (AvgIpc) is 2.07. The first-order valence-electron chi connectivity index (χ1n) is 3.99. The Bertz CT molecular complexity index is 205. The molecule has 0 aliphatic rings. The molecule has 1 aromatic rings. The number of methoxy groups -OCH3 is 1. The second-order valence-electron chi connectivity index (χ2n) is 2.60. The van der Waals surface area contributed by atoms with E-state index in [0.717, 1.165) is 5.75 Å². The highest BCUT2D eigenvalue weighted by atomic mass is 28.2. The minimum absolute atomic E-state index is 0.0198. The lowest BCUT2D eigenvalue weighted by atomic mass is 10.3. The van der Waals surface area contributed by atoms with E-state index in [1.807, 2.05) is 12.1 Å². The van der Waals surface area contributed by atoms with Gasteiger partial charge < -0.3 is 4.74 Å². The maximum Gasteiger partial charge on any atom is 0.118 e. The zero-order valence-corrected chi connectivity index (χ0v) is 8.55. The van der Waals surface area contributed by atoms with Gasteiger partial charge in [0.15, 0.2) is 0 Å². The Kier molecular flexibility index (Phi) is 3.17. The minimum atomic E-state index is 0.0198. The SMILES string of the molecule is CC[SiH2]c1ccc(OC)cc1. The molecule has 0 saturated heterocycles. The first-order valence-corrected chi connectivity index (χ1v) is 5.70. The van der Waals surface area contributed by atoms with Crippen LogP contribution >= 0.6 is 0 Å². The Hall–Kier alpha value is -0.763. The van der Waals surface area contributed by atoms with Crippen LogP contribution in [0.2, 0.25) is 6.04 Å². The van der Waals surface area contributed by atoms with Crippen LogP contribution in [0.4, 0.5) is 0 Å². The monoisotopic (exact) mass is 166 g/mol. The molecule has 0 aliphatic carbocycles. The Morgan fingerprint density at radius 1 is 1.27 bits per heavy atom. The molecule has 0 bridgehead atoms. The molecule has 0 N–H and O–H groups in total. The van der Waals surface area contributed by atoms with E-state index in [2.05, 4.69) is 19.1 Å². The summed E-state index contributed by atoms with van der Waals surface area (Å²) in [6.07, 6.45) is 0. The maximum atomic E-state index is 5.06. The summed E-state index contributed by atoms with van der Waals surface area (Å²) in [6.45, 7) is 2.25. The third-order valence-corrected chi connectivity index (χ3v) is 3.25. The molecule has 1 rings (SSSR count). The molecule has 1 aromatic carbocycles. The molecule has 60 valence electrons. The summed E-state index contributed by atoms with van der Waals surface area (Å²) in [5.41, 5.74) is 0. The molecule has 0 saturated carbocycles. The lowest BCUT2D eigenvalue weighted by molar-refractivity contribution is 0.415. The number of ether oxygens (including phenoxy) is 1. The zero-order chi connectivity index (χ0) is 8.10. The van der Waals surface area contributed by atoms with Gasteiger partial charge in [-0.1, -0.05) is 30.3 Å². The fourth-order valence-electron chi connectivity index (χ4n) is 1.08. The van der Waals surface area contributed by atoms with Crippen LogP contribution in [-0.4, -0.2) is 16.6 Å². The molecule has 0 aliphatic heterocycles. The van der Waals surface area contributed by atoms with E-state index in [1.54, 1.807) is 7.11 Å². The van der Waals surface area contributed by atoms with Gasteiger partial charge in [-0.25, -0.2) is 0 Å². The van der Waals surface area contributed by atoms with Gasteiger partial charge in [0.25, 0.3) is 0 Å². The molecule has 2 heteroatoms. The number of benzene rings is 1. The maximum absolute atomic E-state index is 5.06. The van der Waals surface area contributed by atoms with Crippen LogP contribution in [0.15, 0.2) is 24.3 Å². The van der Waals surface area contributed by atoms with Crippen molar-refractivity contribution in [2.45, 2.75) is 13.0 Å². The lowest BCUT2D eigenvalue weighted by Gasteiger charge is -2.00. The zero-order valence-electron chi connectivity index (χ0n) is 7.13. The molecule has 0 amide bonds. The topological polar surface area (TPSA) is 9.23 Å². The van der Waals surface area contributed by atoms with Crippen LogP contribution in [-0.2, 0) is 0 Å². The van der Waals surface area contributed by atoms with Gasteiger partial charge in [0.05, 0.1) is 16.6 Å². The third-order valence-electron chi connectivity index (χ3n) is 1.70. The predicted octanol–water partition coefficient (Wildman–Crippen LogP) is 0.927. The second-order valence-corrected chi connectivity index (χ2v) is 4.91. The fraction of sp³-hybridized carbons (Fsp3) is 0.333. The van der Waals surface area contributed by atoms with Gasteiger partial charge in [-0.3, -0.25) is 0 Å². The molecule has 0 fully saturated rings. The van der Waals surface area contributed by atoms with Crippen molar-refractivity contribution in [1.29, 1.82) is 0 Å². The van der Waals surface area contributed by atoms with Crippen LogP contribution in [0.5, 0.6) is 5.75 Å². The summed E-state index contributed by atoms with van der Waals surface area (Å²) in [5, 5.41) is 1.52. The van der Waals surface area contributed by atoms with E-state index < -0.39 is 0 Å². The van der Waals surface area contributed by atoms with E-state index in [9.17, 15) is 0 Å². The quantitative estimate of drug-likeness (QED) is 0.607.